The topological polar surface area (TPSA) is 96.0 Å². The minimum absolute atomic E-state index is 0.0458. The zero-order valence-electron chi connectivity index (χ0n) is 13.7. The lowest BCUT2D eigenvalue weighted by molar-refractivity contribution is -0.385. The summed E-state index contributed by atoms with van der Waals surface area (Å²) >= 11 is 0. The zero-order valence-corrected chi connectivity index (χ0v) is 13.7. The molecule has 0 aliphatic heterocycles. The van der Waals surface area contributed by atoms with Crippen LogP contribution in [0.2, 0.25) is 0 Å². The first-order valence-electron chi connectivity index (χ1n) is 7.70. The Morgan fingerprint density at radius 2 is 2.00 bits per heavy atom. The lowest BCUT2D eigenvalue weighted by Crippen LogP contribution is -2.26. The van der Waals surface area contributed by atoms with Crippen LogP contribution in [0.5, 0.6) is 0 Å². The highest BCUT2D eigenvalue weighted by Crippen LogP contribution is 2.20. The monoisotopic (exact) mass is 335 g/mol. The molecule has 2 rings (SSSR count). The molecule has 0 unspecified atom stereocenters. The van der Waals surface area contributed by atoms with Gasteiger partial charge in [-0.2, -0.15) is 5.26 Å². The second-order valence-electron chi connectivity index (χ2n) is 5.46. The molecular formula is C19H17N3O3. The summed E-state index contributed by atoms with van der Waals surface area (Å²) in [4.78, 5) is 22.6. The predicted molar refractivity (Wildman–Crippen MR) is 94.6 cm³/mol. The molecule has 2 aromatic rings. The van der Waals surface area contributed by atoms with E-state index in [1.54, 1.807) is 19.1 Å². The van der Waals surface area contributed by atoms with Crippen molar-refractivity contribution in [2.45, 2.75) is 13.3 Å². The Bertz CT molecular complexity index is 852. The lowest BCUT2D eigenvalue weighted by Gasteiger charge is -2.05. The molecule has 0 atom stereocenters. The molecule has 126 valence electrons. The van der Waals surface area contributed by atoms with E-state index in [-0.39, 0.29) is 11.3 Å². The van der Waals surface area contributed by atoms with Gasteiger partial charge in [-0.1, -0.05) is 42.5 Å². The number of carbonyl (C=O) groups excluding carboxylic acids is 1. The summed E-state index contributed by atoms with van der Waals surface area (Å²) in [7, 11) is 0. The van der Waals surface area contributed by atoms with Gasteiger partial charge in [0.2, 0.25) is 0 Å². The summed E-state index contributed by atoms with van der Waals surface area (Å²) in [6.45, 7) is 2.03. The molecule has 0 aromatic heterocycles. The van der Waals surface area contributed by atoms with Gasteiger partial charge in [-0.15, -0.1) is 0 Å². The Balaban J connectivity index is 2.06. The maximum Gasteiger partial charge on any atom is 0.272 e. The third-order valence-corrected chi connectivity index (χ3v) is 3.65. The minimum Gasteiger partial charge on any atom is -0.351 e. The van der Waals surface area contributed by atoms with Crippen molar-refractivity contribution in [3.63, 3.8) is 0 Å². The second kappa shape index (κ2) is 8.41. The fraction of sp³-hybridized carbons (Fsp3) is 0.158. The number of nitriles is 1. The number of aryl methyl sites for hydroxylation is 1. The molecule has 0 saturated heterocycles. The molecule has 2 aromatic carbocycles. The third kappa shape index (κ3) is 5.01. The van der Waals surface area contributed by atoms with Gasteiger partial charge in [0, 0.05) is 18.2 Å². The largest absolute Gasteiger partial charge is 0.351 e. The minimum atomic E-state index is -0.498. The predicted octanol–water partition coefficient (Wildman–Crippen LogP) is 3.17. The van der Waals surface area contributed by atoms with Gasteiger partial charge in [0.15, 0.2) is 0 Å². The Hall–Kier alpha value is -3.46. The number of rotatable bonds is 6. The molecule has 0 aliphatic rings. The quantitative estimate of drug-likeness (QED) is 0.379. The van der Waals surface area contributed by atoms with E-state index in [1.807, 2.05) is 36.4 Å². The van der Waals surface area contributed by atoms with E-state index in [1.165, 1.54) is 12.1 Å². The van der Waals surface area contributed by atoms with E-state index in [0.717, 1.165) is 5.56 Å². The molecule has 1 amide bonds. The van der Waals surface area contributed by atoms with E-state index in [2.05, 4.69) is 5.32 Å². The number of benzene rings is 2. The second-order valence-corrected chi connectivity index (χ2v) is 5.46. The fourth-order valence-electron chi connectivity index (χ4n) is 2.29. The summed E-state index contributed by atoms with van der Waals surface area (Å²) < 4.78 is 0. The summed E-state index contributed by atoms with van der Waals surface area (Å²) in [5, 5.41) is 22.9. The first-order chi connectivity index (χ1) is 12.0. The highest BCUT2D eigenvalue weighted by Gasteiger charge is 2.13. The maximum absolute atomic E-state index is 12.1. The third-order valence-electron chi connectivity index (χ3n) is 3.65. The van der Waals surface area contributed by atoms with E-state index >= 15 is 0 Å². The van der Waals surface area contributed by atoms with Crippen molar-refractivity contribution in [3.05, 3.63) is 80.9 Å². The normalized spacial score (nSPS) is 10.8. The van der Waals surface area contributed by atoms with E-state index in [0.29, 0.717) is 24.1 Å². The van der Waals surface area contributed by atoms with Crippen molar-refractivity contribution >= 4 is 17.7 Å². The van der Waals surface area contributed by atoms with Gasteiger partial charge in [-0.3, -0.25) is 14.9 Å². The zero-order chi connectivity index (χ0) is 18.2. The number of amides is 1. The molecule has 0 fully saturated rings. The van der Waals surface area contributed by atoms with Crippen molar-refractivity contribution in [2.24, 2.45) is 0 Å². The van der Waals surface area contributed by atoms with E-state index in [4.69, 9.17) is 0 Å². The number of hydrogen-bond acceptors (Lipinski definition) is 4. The molecule has 1 N–H and O–H groups in total. The summed E-state index contributed by atoms with van der Waals surface area (Å²) in [5.41, 5.74) is 1.90. The Morgan fingerprint density at radius 1 is 1.28 bits per heavy atom. The first-order valence-corrected chi connectivity index (χ1v) is 7.70. The molecule has 0 heterocycles. The average molecular weight is 335 g/mol. The van der Waals surface area contributed by atoms with Gasteiger partial charge < -0.3 is 5.32 Å². The number of nitro benzene ring substituents is 1. The van der Waals surface area contributed by atoms with Crippen LogP contribution in [-0.4, -0.2) is 17.4 Å². The van der Waals surface area contributed by atoms with Crippen LogP contribution in [0, 0.1) is 28.4 Å². The molecule has 6 nitrogen and oxygen atoms in total. The van der Waals surface area contributed by atoms with Crippen molar-refractivity contribution in [2.75, 3.05) is 6.54 Å². The van der Waals surface area contributed by atoms with Crippen molar-refractivity contribution < 1.29 is 9.72 Å². The van der Waals surface area contributed by atoms with Crippen molar-refractivity contribution in [1.29, 1.82) is 5.26 Å². The highest BCUT2D eigenvalue weighted by molar-refractivity contribution is 6.01. The summed E-state index contributed by atoms with van der Waals surface area (Å²) in [6.07, 6.45) is 2.01. The molecule has 0 spiro atoms. The van der Waals surface area contributed by atoms with Crippen LogP contribution >= 0.6 is 0 Å². The van der Waals surface area contributed by atoms with E-state index < -0.39 is 10.8 Å². The number of hydrogen-bond donors (Lipinski definition) is 1. The van der Waals surface area contributed by atoms with Gasteiger partial charge in [0.05, 0.1) is 4.92 Å². The molecule has 25 heavy (non-hydrogen) atoms. The van der Waals surface area contributed by atoms with Crippen LogP contribution < -0.4 is 5.32 Å². The van der Waals surface area contributed by atoms with Gasteiger partial charge in [0.25, 0.3) is 11.6 Å². The Morgan fingerprint density at radius 3 is 2.64 bits per heavy atom. The van der Waals surface area contributed by atoms with Crippen LogP contribution in [0.25, 0.3) is 6.08 Å². The fourth-order valence-corrected chi connectivity index (χ4v) is 2.29. The van der Waals surface area contributed by atoms with Crippen molar-refractivity contribution in [1.82, 2.24) is 5.32 Å². The van der Waals surface area contributed by atoms with Crippen LogP contribution in [0.15, 0.2) is 54.1 Å². The summed E-state index contributed by atoms with van der Waals surface area (Å²) in [5.74, 6) is -0.498. The number of nitro groups is 1. The Labute approximate surface area is 145 Å². The molecule has 0 radical (unpaired) electrons. The number of nitrogens with one attached hydrogen (secondary N) is 1. The molecule has 6 heteroatoms. The van der Waals surface area contributed by atoms with E-state index in [9.17, 15) is 20.2 Å². The molecular weight excluding hydrogens is 318 g/mol. The lowest BCUT2D eigenvalue weighted by atomic mass is 10.1. The van der Waals surface area contributed by atoms with Gasteiger partial charge in [0.1, 0.15) is 11.6 Å². The SMILES string of the molecule is Cc1ccc(/C=C(\C#N)C(=O)NCCc2ccccc2)cc1[N+](=O)[O-]. The number of nitrogens with zero attached hydrogens (tertiary/aromatic N) is 2. The van der Waals surface area contributed by atoms with Crippen LogP contribution in [-0.2, 0) is 11.2 Å². The molecule has 0 bridgehead atoms. The van der Waals surface area contributed by atoms with Gasteiger partial charge in [-0.25, -0.2) is 0 Å². The van der Waals surface area contributed by atoms with Crippen molar-refractivity contribution in [3.8, 4) is 6.07 Å². The van der Waals surface area contributed by atoms with Crippen LogP contribution in [0.1, 0.15) is 16.7 Å². The van der Waals surface area contributed by atoms with Crippen LogP contribution in [0.4, 0.5) is 5.69 Å². The smallest absolute Gasteiger partial charge is 0.272 e. The molecule has 0 aliphatic carbocycles. The summed E-state index contributed by atoms with van der Waals surface area (Å²) in [6, 6.07) is 16.1. The Kier molecular flexibility index (Phi) is 6.02. The van der Waals surface area contributed by atoms with Gasteiger partial charge in [-0.05, 0) is 30.5 Å². The maximum atomic E-state index is 12.1. The number of carbonyl (C=O) groups is 1. The van der Waals surface area contributed by atoms with Gasteiger partial charge >= 0.3 is 0 Å². The van der Waals surface area contributed by atoms with Crippen LogP contribution in [0.3, 0.4) is 0 Å². The first kappa shape index (κ1) is 17.9. The molecule has 0 saturated carbocycles. The highest BCUT2D eigenvalue weighted by atomic mass is 16.6. The average Bonchev–Trinajstić information content (AvgIpc) is 2.61. The standard InChI is InChI=1S/C19H17N3O3/c1-14-7-8-16(12-18(14)22(24)25)11-17(13-20)19(23)21-10-9-15-5-3-2-4-6-15/h2-8,11-12H,9-10H2,1H3,(H,21,23)/b17-11+.